The molecule has 1 aliphatic heterocycles. The fourth-order valence-electron chi connectivity index (χ4n) is 5.63. The van der Waals surface area contributed by atoms with Gasteiger partial charge in [0.25, 0.3) is 5.91 Å². The molecule has 1 saturated heterocycles. The molecule has 2 N–H and O–H groups in total. The fraction of sp³-hybridized carbons (Fsp3) is 0.265. The molecule has 2 aromatic heterocycles. The summed E-state index contributed by atoms with van der Waals surface area (Å²) in [5.41, 5.74) is 4.87. The maximum absolute atomic E-state index is 14.3. The smallest absolute Gasteiger partial charge is 0.407 e. The number of nitrogens with zero attached hydrogens (tertiary/aromatic N) is 3. The molecule has 1 atom stereocenters. The van der Waals surface area contributed by atoms with E-state index in [1.54, 1.807) is 4.90 Å². The molecule has 5 aromatic rings. The normalized spacial score (nSPS) is 15.1. The minimum absolute atomic E-state index is 0.168. The lowest BCUT2D eigenvalue weighted by Crippen LogP contribution is -2.41. The van der Waals surface area contributed by atoms with Gasteiger partial charge in [-0.3, -0.25) is 4.79 Å². The van der Waals surface area contributed by atoms with Gasteiger partial charge in [-0.25, -0.2) is 9.78 Å². The number of nitrogens with one attached hydrogen (secondary N) is 2. The molecule has 1 aliphatic rings. The van der Waals surface area contributed by atoms with Gasteiger partial charge in [-0.2, -0.15) is 0 Å². The highest BCUT2D eigenvalue weighted by Gasteiger charge is 2.33. The number of carbonyl (C=O) groups is 2. The second kappa shape index (κ2) is 12.0. The summed E-state index contributed by atoms with van der Waals surface area (Å²) in [6, 6.07) is 23.0. The van der Waals surface area contributed by atoms with Crippen LogP contribution in [0.3, 0.4) is 0 Å². The second-order valence-electron chi connectivity index (χ2n) is 12.0. The quantitative estimate of drug-likeness (QED) is 0.200. The van der Waals surface area contributed by atoms with Crippen LogP contribution in [0.1, 0.15) is 43.2 Å². The van der Waals surface area contributed by atoms with Crippen molar-refractivity contribution in [2.45, 2.75) is 45.4 Å². The Bertz CT molecular complexity index is 1820. The highest BCUT2D eigenvalue weighted by molar-refractivity contribution is 6.31. The van der Waals surface area contributed by atoms with Crippen LogP contribution in [-0.4, -0.2) is 56.2 Å². The first-order chi connectivity index (χ1) is 21.1. The number of H-pyrrole nitrogens is 1. The van der Waals surface area contributed by atoms with Crippen molar-refractivity contribution < 1.29 is 14.3 Å². The van der Waals surface area contributed by atoms with E-state index in [0.29, 0.717) is 41.8 Å². The van der Waals surface area contributed by atoms with E-state index in [0.717, 1.165) is 39.0 Å². The lowest BCUT2D eigenvalue weighted by molar-refractivity contribution is 0.0502. The van der Waals surface area contributed by atoms with Crippen LogP contribution in [0.4, 0.5) is 4.79 Å². The molecule has 0 radical (unpaired) electrons. The average Bonchev–Trinajstić information content (AvgIpc) is 3.70. The first-order valence-corrected chi connectivity index (χ1v) is 15.3. The zero-order chi connectivity index (χ0) is 31.0. The van der Waals surface area contributed by atoms with Gasteiger partial charge in [0.1, 0.15) is 11.3 Å². The standard InChI is InChI=1S/C34H33Cl2N5O3/c1-34(2,3)44-33(43)38-25-15-16-40(19-25)32(42)30-28(26-14-13-24(36)17-27(26)39-30)31-29(22-7-5-4-6-8-22)37-20-41(31)18-21-9-11-23(35)12-10-21/h4-14,17,20,25,39H,15-16,18-19H2,1-3H3,(H,38,43). The summed E-state index contributed by atoms with van der Waals surface area (Å²) in [7, 11) is 0. The molecular formula is C34H33Cl2N5O3. The fourth-order valence-corrected chi connectivity index (χ4v) is 5.93. The number of rotatable bonds is 6. The first-order valence-electron chi connectivity index (χ1n) is 14.5. The van der Waals surface area contributed by atoms with Crippen molar-refractivity contribution in [1.29, 1.82) is 0 Å². The van der Waals surface area contributed by atoms with E-state index in [1.165, 1.54) is 0 Å². The van der Waals surface area contributed by atoms with E-state index in [4.69, 9.17) is 32.9 Å². The van der Waals surface area contributed by atoms with Gasteiger partial charge in [0.15, 0.2) is 0 Å². The largest absolute Gasteiger partial charge is 0.444 e. The van der Waals surface area contributed by atoms with Gasteiger partial charge in [0.2, 0.25) is 0 Å². The van der Waals surface area contributed by atoms with Crippen LogP contribution in [0.15, 0.2) is 79.1 Å². The van der Waals surface area contributed by atoms with Gasteiger partial charge >= 0.3 is 6.09 Å². The Morgan fingerprint density at radius 3 is 2.48 bits per heavy atom. The molecule has 10 heteroatoms. The molecule has 44 heavy (non-hydrogen) atoms. The zero-order valence-electron chi connectivity index (χ0n) is 24.7. The van der Waals surface area contributed by atoms with Crippen molar-refractivity contribution in [1.82, 2.24) is 24.8 Å². The Morgan fingerprint density at radius 1 is 1.02 bits per heavy atom. The summed E-state index contributed by atoms with van der Waals surface area (Å²) in [6.45, 7) is 6.84. The van der Waals surface area contributed by atoms with Crippen LogP contribution < -0.4 is 5.32 Å². The maximum atomic E-state index is 14.3. The van der Waals surface area contributed by atoms with Crippen molar-refractivity contribution in [2.24, 2.45) is 0 Å². The van der Waals surface area contributed by atoms with Gasteiger partial charge in [-0.05, 0) is 57.0 Å². The van der Waals surface area contributed by atoms with E-state index in [2.05, 4.69) is 14.9 Å². The van der Waals surface area contributed by atoms with Crippen LogP contribution >= 0.6 is 23.2 Å². The molecule has 0 saturated carbocycles. The number of fused-ring (bicyclic) bond motifs is 1. The summed E-state index contributed by atoms with van der Waals surface area (Å²) in [6.07, 6.45) is 1.94. The van der Waals surface area contributed by atoms with Crippen LogP contribution in [0, 0.1) is 0 Å². The summed E-state index contributed by atoms with van der Waals surface area (Å²) < 4.78 is 7.50. The number of benzene rings is 3. The molecule has 226 valence electrons. The number of alkyl carbamates (subject to hydrolysis) is 1. The molecule has 3 heterocycles. The minimum Gasteiger partial charge on any atom is -0.444 e. The first kappa shape index (κ1) is 29.8. The number of halogens is 2. The van der Waals surface area contributed by atoms with Crippen molar-refractivity contribution in [3.05, 3.63) is 100 Å². The van der Waals surface area contributed by atoms with Crippen molar-refractivity contribution in [2.75, 3.05) is 13.1 Å². The van der Waals surface area contributed by atoms with Gasteiger partial charge in [0.05, 0.1) is 23.8 Å². The molecular weight excluding hydrogens is 597 g/mol. The number of imidazole rings is 1. The predicted octanol–water partition coefficient (Wildman–Crippen LogP) is 7.79. The molecule has 0 aliphatic carbocycles. The zero-order valence-corrected chi connectivity index (χ0v) is 26.2. The SMILES string of the molecule is CC(C)(C)OC(=O)NC1CCN(C(=O)c2[nH]c3cc(Cl)ccc3c2-c2c(-c3ccccc3)ncn2Cc2ccc(Cl)cc2)C1. The Balaban J connectivity index is 1.43. The van der Waals surface area contributed by atoms with E-state index >= 15 is 0 Å². The number of hydrogen-bond acceptors (Lipinski definition) is 4. The minimum atomic E-state index is -0.607. The molecule has 0 bridgehead atoms. The topological polar surface area (TPSA) is 92.2 Å². The summed E-state index contributed by atoms with van der Waals surface area (Å²) in [5, 5.41) is 4.99. The number of likely N-dealkylation sites (tertiary alicyclic amines) is 1. The number of hydrogen-bond donors (Lipinski definition) is 2. The predicted molar refractivity (Wildman–Crippen MR) is 174 cm³/mol. The lowest BCUT2D eigenvalue weighted by atomic mass is 10.0. The molecule has 0 spiro atoms. The molecule has 6 rings (SSSR count). The third-order valence-electron chi connectivity index (χ3n) is 7.56. The van der Waals surface area contributed by atoms with Gasteiger partial charge in [0, 0.05) is 51.7 Å². The van der Waals surface area contributed by atoms with E-state index < -0.39 is 11.7 Å². The Labute approximate surface area is 265 Å². The van der Waals surface area contributed by atoms with Crippen LogP contribution in [0.25, 0.3) is 33.4 Å². The molecule has 3 aromatic carbocycles. The van der Waals surface area contributed by atoms with E-state index in [-0.39, 0.29) is 11.9 Å². The number of aromatic nitrogens is 3. The van der Waals surface area contributed by atoms with Gasteiger partial charge in [-0.1, -0.05) is 71.7 Å². The second-order valence-corrected chi connectivity index (χ2v) is 12.9. The molecule has 8 nitrogen and oxygen atoms in total. The Kier molecular flexibility index (Phi) is 8.14. The third kappa shape index (κ3) is 6.32. The number of amides is 2. The summed E-state index contributed by atoms with van der Waals surface area (Å²) >= 11 is 12.6. The van der Waals surface area contributed by atoms with Crippen molar-refractivity contribution in [3.63, 3.8) is 0 Å². The maximum Gasteiger partial charge on any atom is 0.407 e. The van der Waals surface area contributed by atoms with Gasteiger partial charge in [-0.15, -0.1) is 0 Å². The molecule has 1 unspecified atom stereocenters. The summed E-state index contributed by atoms with van der Waals surface area (Å²) in [5.74, 6) is -0.168. The number of aromatic amines is 1. The highest BCUT2D eigenvalue weighted by atomic mass is 35.5. The molecule has 2 amide bonds. The monoisotopic (exact) mass is 629 g/mol. The third-order valence-corrected chi connectivity index (χ3v) is 8.05. The lowest BCUT2D eigenvalue weighted by Gasteiger charge is -2.22. The number of ether oxygens (including phenoxy) is 1. The Hall–Kier alpha value is -4.27. The summed E-state index contributed by atoms with van der Waals surface area (Å²) in [4.78, 5) is 36.7. The van der Waals surface area contributed by atoms with Gasteiger partial charge < -0.3 is 24.5 Å². The number of carbonyl (C=O) groups excluding carboxylic acids is 2. The highest BCUT2D eigenvalue weighted by Crippen LogP contribution is 2.40. The van der Waals surface area contributed by atoms with E-state index in [1.807, 2.05) is 99.9 Å². The van der Waals surface area contributed by atoms with Crippen LogP contribution in [0.5, 0.6) is 0 Å². The van der Waals surface area contributed by atoms with Crippen molar-refractivity contribution >= 4 is 46.1 Å². The van der Waals surface area contributed by atoms with Crippen molar-refractivity contribution in [3.8, 4) is 22.5 Å². The molecule has 1 fully saturated rings. The average molecular weight is 631 g/mol. The van der Waals surface area contributed by atoms with Crippen LogP contribution in [-0.2, 0) is 11.3 Å². The Morgan fingerprint density at radius 2 is 1.75 bits per heavy atom. The van der Waals surface area contributed by atoms with Crippen LogP contribution in [0.2, 0.25) is 10.0 Å². The van der Waals surface area contributed by atoms with E-state index in [9.17, 15) is 9.59 Å².